The molecule has 0 fully saturated rings. The molecule has 3 rings (SSSR count). The summed E-state index contributed by atoms with van der Waals surface area (Å²) in [4.78, 5) is 24.6. The number of nitrogens with one attached hydrogen (secondary N) is 3. The average Bonchev–Trinajstić information content (AvgIpc) is 2.57. The third-order valence-electron chi connectivity index (χ3n) is 3.96. The van der Waals surface area contributed by atoms with Crippen LogP contribution in [-0.4, -0.2) is 11.9 Å². The molecular weight excluding hydrogens is 302 g/mol. The Hall–Kier alpha value is -3.08. The predicted octanol–water partition coefficient (Wildman–Crippen LogP) is 3.26. The molecule has 0 unspecified atom stereocenters. The van der Waals surface area contributed by atoms with E-state index < -0.39 is 6.04 Å². The Morgan fingerprint density at radius 2 is 1.67 bits per heavy atom. The second-order valence-corrected chi connectivity index (χ2v) is 5.80. The molecule has 0 spiro atoms. The number of rotatable bonds is 3. The zero-order valence-electron chi connectivity index (χ0n) is 13.6. The van der Waals surface area contributed by atoms with Crippen LogP contribution >= 0.6 is 0 Å². The lowest BCUT2D eigenvalue weighted by molar-refractivity contribution is -0.113. The smallest absolute Gasteiger partial charge is 0.319 e. The van der Waals surface area contributed by atoms with Crippen molar-refractivity contribution in [1.82, 2.24) is 10.6 Å². The van der Waals surface area contributed by atoms with E-state index in [9.17, 15) is 9.59 Å². The molecule has 2 aromatic carbocycles. The van der Waals surface area contributed by atoms with Crippen molar-refractivity contribution in [3.05, 3.63) is 77.0 Å². The van der Waals surface area contributed by atoms with Crippen molar-refractivity contribution in [2.45, 2.75) is 19.9 Å². The highest BCUT2D eigenvalue weighted by Crippen LogP contribution is 2.27. The fourth-order valence-corrected chi connectivity index (χ4v) is 2.73. The molecule has 0 saturated carbocycles. The van der Waals surface area contributed by atoms with Crippen molar-refractivity contribution < 1.29 is 9.59 Å². The summed E-state index contributed by atoms with van der Waals surface area (Å²) in [6.07, 6.45) is 0. The largest absolute Gasteiger partial charge is 0.327 e. The van der Waals surface area contributed by atoms with Gasteiger partial charge < -0.3 is 16.0 Å². The van der Waals surface area contributed by atoms with E-state index in [0.717, 1.165) is 16.8 Å². The zero-order valence-corrected chi connectivity index (χ0v) is 13.6. The maximum atomic E-state index is 12.8. The quantitative estimate of drug-likeness (QED) is 0.812. The van der Waals surface area contributed by atoms with Crippen LogP contribution in [0.5, 0.6) is 0 Å². The van der Waals surface area contributed by atoms with Crippen LogP contribution in [0.25, 0.3) is 0 Å². The molecule has 0 aliphatic carbocycles. The summed E-state index contributed by atoms with van der Waals surface area (Å²) >= 11 is 0. The average molecular weight is 321 g/mol. The second kappa shape index (κ2) is 6.58. The van der Waals surface area contributed by atoms with Gasteiger partial charge in [0, 0.05) is 11.4 Å². The minimum Gasteiger partial charge on any atom is -0.327 e. The van der Waals surface area contributed by atoms with Crippen LogP contribution in [0.3, 0.4) is 0 Å². The van der Waals surface area contributed by atoms with Gasteiger partial charge in [0.05, 0.1) is 11.6 Å². The third-order valence-corrected chi connectivity index (χ3v) is 3.96. The highest BCUT2D eigenvalue weighted by Gasteiger charge is 2.30. The van der Waals surface area contributed by atoms with Crippen LogP contribution in [0.4, 0.5) is 10.5 Å². The minimum absolute atomic E-state index is 0.238. The van der Waals surface area contributed by atoms with E-state index in [4.69, 9.17) is 0 Å². The number of carbonyl (C=O) groups excluding carboxylic acids is 2. The van der Waals surface area contributed by atoms with Crippen LogP contribution in [0.2, 0.25) is 0 Å². The van der Waals surface area contributed by atoms with Gasteiger partial charge in [0.25, 0.3) is 5.91 Å². The Balaban J connectivity index is 1.92. The van der Waals surface area contributed by atoms with Crippen molar-refractivity contribution in [3.8, 4) is 0 Å². The molecule has 5 heteroatoms. The first kappa shape index (κ1) is 15.8. The van der Waals surface area contributed by atoms with E-state index in [-0.39, 0.29) is 11.9 Å². The van der Waals surface area contributed by atoms with E-state index in [1.165, 1.54) is 0 Å². The van der Waals surface area contributed by atoms with Crippen LogP contribution in [0.1, 0.15) is 24.1 Å². The zero-order chi connectivity index (χ0) is 17.1. The number of amides is 3. The van der Waals surface area contributed by atoms with E-state index in [1.54, 1.807) is 6.92 Å². The summed E-state index contributed by atoms with van der Waals surface area (Å²) in [6.45, 7) is 3.73. The normalized spacial score (nSPS) is 17.1. The monoisotopic (exact) mass is 321 g/mol. The number of hydrogen-bond donors (Lipinski definition) is 3. The topological polar surface area (TPSA) is 70.2 Å². The molecule has 0 bridgehead atoms. The van der Waals surface area contributed by atoms with Crippen molar-refractivity contribution >= 4 is 17.6 Å². The standard InChI is InChI=1S/C19H19N3O2/c1-12-8-10-15(11-9-12)21-18(23)16-13(2)20-19(24)22-17(16)14-6-4-3-5-7-14/h3-11,17H,1-2H3,(H,21,23)(H2,20,22,24)/t17-/m0/s1. The first-order valence-corrected chi connectivity index (χ1v) is 7.76. The molecule has 3 N–H and O–H groups in total. The van der Waals surface area contributed by atoms with E-state index in [2.05, 4.69) is 16.0 Å². The lowest BCUT2D eigenvalue weighted by Crippen LogP contribution is -2.45. The molecule has 1 heterocycles. The Labute approximate surface area is 140 Å². The van der Waals surface area contributed by atoms with Gasteiger partial charge in [-0.2, -0.15) is 0 Å². The maximum Gasteiger partial charge on any atom is 0.319 e. The number of aryl methyl sites for hydroxylation is 1. The molecular formula is C19H19N3O2. The lowest BCUT2D eigenvalue weighted by Gasteiger charge is -2.28. The molecule has 1 aliphatic heterocycles. The summed E-state index contributed by atoms with van der Waals surface area (Å²) in [5.41, 5.74) is 3.76. The fraction of sp³-hybridized carbons (Fsp3) is 0.158. The van der Waals surface area contributed by atoms with Gasteiger partial charge >= 0.3 is 6.03 Å². The highest BCUT2D eigenvalue weighted by molar-refractivity contribution is 6.06. The summed E-state index contributed by atoms with van der Waals surface area (Å²) < 4.78 is 0. The van der Waals surface area contributed by atoms with Crippen LogP contribution in [0.15, 0.2) is 65.9 Å². The molecule has 24 heavy (non-hydrogen) atoms. The lowest BCUT2D eigenvalue weighted by atomic mass is 9.95. The van der Waals surface area contributed by atoms with Gasteiger partial charge in [-0.3, -0.25) is 4.79 Å². The van der Waals surface area contributed by atoms with Gasteiger partial charge in [0.1, 0.15) is 0 Å². The summed E-state index contributed by atoms with van der Waals surface area (Å²) in [7, 11) is 0. The molecule has 0 aromatic heterocycles. The number of allylic oxidation sites excluding steroid dienone is 1. The molecule has 0 saturated heterocycles. The molecule has 1 aliphatic rings. The van der Waals surface area contributed by atoms with Crippen molar-refractivity contribution in [3.63, 3.8) is 0 Å². The SMILES string of the molecule is CC1=C(C(=O)Nc2ccc(C)cc2)[C@H](c2ccccc2)NC(=O)N1. The van der Waals surface area contributed by atoms with Crippen molar-refractivity contribution in [2.24, 2.45) is 0 Å². The Morgan fingerprint density at radius 1 is 1.00 bits per heavy atom. The molecule has 2 aromatic rings. The number of urea groups is 1. The highest BCUT2D eigenvalue weighted by atomic mass is 16.2. The number of carbonyl (C=O) groups is 2. The molecule has 3 amide bonds. The van der Waals surface area contributed by atoms with Crippen molar-refractivity contribution in [2.75, 3.05) is 5.32 Å². The predicted molar refractivity (Wildman–Crippen MR) is 93.4 cm³/mol. The number of hydrogen-bond acceptors (Lipinski definition) is 2. The second-order valence-electron chi connectivity index (χ2n) is 5.80. The number of anilines is 1. The molecule has 1 atom stereocenters. The summed E-state index contributed by atoms with van der Waals surface area (Å²) in [5.74, 6) is -0.238. The summed E-state index contributed by atoms with van der Waals surface area (Å²) in [6, 6.07) is 16.2. The van der Waals surface area contributed by atoms with Crippen LogP contribution in [0, 0.1) is 6.92 Å². The van der Waals surface area contributed by atoms with Gasteiger partial charge in [0.2, 0.25) is 0 Å². The van der Waals surface area contributed by atoms with Gasteiger partial charge in [-0.1, -0.05) is 48.0 Å². The number of benzene rings is 2. The van der Waals surface area contributed by atoms with E-state index >= 15 is 0 Å². The Kier molecular flexibility index (Phi) is 4.33. The summed E-state index contributed by atoms with van der Waals surface area (Å²) in [5, 5.41) is 8.39. The first-order chi connectivity index (χ1) is 11.5. The van der Waals surface area contributed by atoms with Crippen LogP contribution in [-0.2, 0) is 4.79 Å². The van der Waals surface area contributed by atoms with E-state index in [1.807, 2.05) is 61.5 Å². The van der Waals surface area contributed by atoms with Gasteiger partial charge in [-0.25, -0.2) is 4.79 Å². The molecule has 122 valence electrons. The Morgan fingerprint density at radius 3 is 2.33 bits per heavy atom. The van der Waals surface area contributed by atoms with Crippen molar-refractivity contribution in [1.29, 1.82) is 0 Å². The van der Waals surface area contributed by atoms with E-state index in [0.29, 0.717) is 11.3 Å². The van der Waals surface area contributed by atoms with Gasteiger partial charge in [0.15, 0.2) is 0 Å². The minimum atomic E-state index is -0.481. The fourth-order valence-electron chi connectivity index (χ4n) is 2.73. The maximum absolute atomic E-state index is 12.8. The molecule has 5 nitrogen and oxygen atoms in total. The molecule has 0 radical (unpaired) electrons. The van der Waals surface area contributed by atoms with Gasteiger partial charge in [-0.15, -0.1) is 0 Å². The first-order valence-electron chi connectivity index (χ1n) is 7.76. The van der Waals surface area contributed by atoms with Gasteiger partial charge in [-0.05, 0) is 31.5 Å². The third kappa shape index (κ3) is 3.30. The van der Waals surface area contributed by atoms with Crippen LogP contribution < -0.4 is 16.0 Å². The Bertz CT molecular complexity index is 795.